The molecule has 14 heavy (non-hydrogen) atoms. The van der Waals surface area contributed by atoms with Gasteiger partial charge in [0.15, 0.2) is 0 Å². The van der Waals surface area contributed by atoms with Crippen molar-refractivity contribution < 1.29 is 4.39 Å². The van der Waals surface area contributed by atoms with Crippen LogP contribution in [0.1, 0.15) is 5.56 Å². The van der Waals surface area contributed by atoms with Gasteiger partial charge in [-0.15, -0.1) is 0 Å². The van der Waals surface area contributed by atoms with Crippen LogP contribution in [0, 0.1) is 5.82 Å². The lowest BCUT2D eigenvalue weighted by atomic mass is 10.2. The number of hydrogen-bond donors (Lipinski definition) is 0. The highest BCUT2D eigenvalue weighted by Crippen LogP contribution is 2.21. The summed E-state index contributed by atoms with van der Waals surface area (Å²) in [5.41, 5.74) is 1.07. The van der Waals surface area contributed by atoms with Crippen molar-refractivity contribution in [3.05, 3.63) is 34.6 Å². The van der Waals surface area contributed by atoms with Gasteiger partial charge in [-0.1, -0.05) is 43.4 Å². The van der Waals surface area contributed by atoms with E-state index in [1.807, 2.05) is 0 Å². The van der Waals surface area contributed by atoms with Crippen LogP contribution in [-0.2, 0) is 6.42 Å². The Morgan fingerprint density at radius 1 is 1.29 bits per heavy atom. The molecule has 0 unspecified atom stereocenters. The van der Waals surface area contributed by atoms with Crippen molar-refractivity contribution in [2.24, 2.45) is 0 Å². The molecule has 0 heterocycles. The molecule has 1 aromatic rings. The Morgan fingerprint density at radius 2 is 1.93 bits per heavy atom. The zero-order valence-corrected chi connectivity index (χ0v) is 10.7. The first kappa shape index (κ1) is 11.7. The molecule has 78 valence electrons. The van der Waals surface area contributed by atoms with Crippen LogP contribution in [0.15, 0.2) is 18.2 Å². The fourth-order valence-electron chi connectivity index (χ4n) is 1.23. The highest BCUT2D eigenvalue weighted by atomic mass is 35.5. The summed E-state index contributed by atoms with van der Waals surface area (Å²) in [5, 5.41) is 0.559. The first-order valence-electron chi connectivity index (χ1n) is 4.82. The normalized spacial score (nSPS) is 11.8. The third kappa shape index (κ3) is 3.80. The Bertz CT molecular complexity index is 318. The van der Waals surface area contributed by atoms with E-state index in [0.717, 1.165) is 12.0 Å². The summed E-state index contributed by atoms with van der Waals surface area (Å²) in [7, 11) is -1.03. The molecule has 1 aromatic carbocycles. The summed E-state index contributed by atoms with van der Waals surface area (Å²) < 4.78 is 12.7. The maximum atomic E-state index is 12.7. The van der Waals surface area contributed by atoms with Crippen molar-refractivity contribution >= 4 is 19.7 Å². The molecule has 0 fully saturated rings. The molecule has 0 saturated heterocycles. The van der Waals surface area contributed by atoms with E-state index < -0.39 is 8.07 Å². The fourth-order valence-corrected chi connectivity index (χ4v) is 2.52. The van der Waals surface area contributed by atoms with Gasteiger partial charge in [0.05, 0.1) is 0 Å². The summed E-state index contributed by atoms with van der Waals surface area (Å²) in [5.74, 6) is -0.258. The van der Waals surface area contributed by atoms with Crippen LogP contribution in [0.25, 0.3) is 0 Å². The Hall–Kier alpha value is -0.343. The summed E-state index contributed by atoms with van der Waals surface area (Å²) >= 11 is 5.93. The Labute approximate surface area is 91.1 Å². The lowest BCUT2D eigenvalue weighted by molar-refractivity contribution is 0.627. The van der Waals surface area contributed by atoms with Crippen molar-refractivity contribution in [2.75, 3.05) is 0 Å². The molecule has 0 spiro atoms. The molecule has 0 N–H and O–H groups in total. The maximum Gasteiger partial charge on any atom is 0.124 e. The smallest absolute Gasteiger partial charge is 0.124 e. The highest BCUT2D eigenvalue weighted by Gasteiger charge is 2.13. The molecule has 0 aromatic heterocycles. The number of hydrogen-bond acceptors (Lipinski definition) is 0. The SMILES string of the molecule is C[Si](C)(C)CCc1ccc(F)cc1Cl. The van der Waals surface area contributed by atoms with Gasteiger partial charge in [-0.3, -0.25) is 0 Å². The standard InChI is InChI=1S/C11H16ClFSi/c1-14(2,3)7-6-9-4-5-10(13)8-11(9)12/h4-5,8H,6-7H2,1-3H3. The summed E-state index contributed by atoms with van der Waals surface area (Å²) in [6, 6.07) is 5.85. The van der Waals surface area contributed by atoms with Gasteiger partial charge in [-0.25, -0.2) is 4.39 Å². The van der Waals surface area contributed by atoms with Crippen LogP contribution >= 0.6 is 11.6 Å². The molecular formula is C11H16ClFSi. The summed E-state index contributed by atoms with van der Waals surface area (Å²) in [6.07, 6.45) is 0.967. The van der Waals surface area contributed by atoms with Crippen LogP contribution in [-0.4, -0.2) is 8.07 Å². The van der Waals surface area contributed by atoms with E-state index in [2.05, 4.69) is 19.6 Å². The number of benzene rings is 1. The average Bonchev–Trinajstić information content (AvgIpc) is 2.00. The summed E-state index contributed by atoms with van der Waals surface area (Å²) in [6.45, 7) is 6.97. The van der Waals surface area contributed by atoms with Crippen molar-refractivity contribution in [1.29, 1.82) is 0 Å². The topological polar surface area (TPSA) is 0 Å². The molecular weight excluding hydrogens is 215 g/mol. The minimum Gasteiger partial charge on any atom is -0.207 e. The monoisotopic (exact) mass is 230 g/mol. The molecule has 0 aliphatic heterocycles. The van der Waals surface area contributed by atoms with Crippen LogP contribution in [0.4, 0.5) is 4.39 Å². The quantitative estimate of drug-likeness (QED) is 0.677. The molecule has 1 rings (SSSR count). The van der Waals surface area contributed by atoms with Crippen molar-refractivity contribution in [3.63, 3.8) is 0 Å². The minimum absolute atomic E-state index is 0.258. The summed E-state index contributed by atoms with van der Waals surface area (Å²) in [4.78, 5) is 0. The first-order valence-corrected chi connectivity index (χ1v) is 8.91. The highest BCUT2D eigenvalue weighted by molar-refractivity contribution is 6.76. The Kier molecular flexibility index (Phi) is 3.73. The van der Waals surface area contributed by atoms with E-state index in [4.69, 9.17) is 11.6 Å². The van der Waals surface area contributed by atoms with Gasteiger partial charge >= 0.3 is 0 Å². The number of aryl methyl sites for hydroxylation is 1. The number of rotatable bonds is 3. The van der Waals surface area contributed by atoms with Gasteiger partial charge in [0.25, 0.3) is 0 Å². The van der Waals surface area contributed by atoms with E-state index in [1.54, 1.807) is 6.07 Å². The predicted octanol–water partition coefficient (Wildman–Crippen LogP) is 4.36. The lowest BCUT2D eigenvalue weighted by Crippen LogP contribution is -2.19. The lowest BCUT2D eigenvalue weighted by Gasteiger charge is -2.15. The Balaban J connectivity index is 2.68. The van der Waals surface area contributed by atoms with Crippen molar-refractivity contribution in [1.82, 2.24) is 0 Å². The number of halogens is 2. The molecule has 0 atom stereocenters. The third-order valence-electron chi connectivity index (χ3n) is 2.16. The minimum atomic E-state index is -1.03. The third-order valence-corrected chi connectivity index (χ3v) is 4.26. The van der Waals surface area contributed by atoms with E-state index >= 15 is 0 Å². The second-order valence-electron chi connectivity index (χ2n) is 4.80. The second-order valence-corrected chi connectivity index (χ2v) is 10.8. The molecule has 0 bridgehead atoms. The van der Waals surface area contributed by atoms with Gasteiger partial charge < -0.3 is 0 Å². The molecule has 0 saturated carbocycles. The average molecular weight is 231 g/mol. The molecule has 0 nitrogen and oxygen atoms in total. The van der Waals surface area contributed by atoms with E-state index in [1.165, 1.54) is 18.2 Å². The van der Waals surface area contributed by atoms with Gasteiger partial charge in [0.2, 0.25) is 0 Å². The zero-order valence-electron chi connectivity index (χ0n) is 8.90. The molecule has 0 aliphatic rings. The van der Waals surface area contributed by atoms with Gasteiger partial charge in [-0.05, 0) is 24.1 Å². The van der Waals surface area contributed by atoms with Crippen molar-refractivity contribution in [2.45, 2.75) is 32.1 Å². The van der Waals surface area contributed by atoms with Crippen LogP contribution in [0.3, 0.4) is 0 Å². The van der Waals surface area contributed by atoms with Gasteiger partial charge in [-0.2, -0.15) is 0 Å². The zero-order chi connectivity index (χ0) is 10.8. The van der Waals surface area contributed by atoms with E-state index in [-0.39, 0.29) is 5.82 Å². The molecule has 0 radical (unpaired) electrons. The Morgan fingerprint density at radius 3 is 2.43 bits per heavy atom. The largest absolute Gasteiger partial charge is 0.207 e. The van der Waals surface area contributed by atoms with E-state index in [9.17, 15) is 4.39 Å². The van der Waals surface area contributed by atoms with E-state index in [0.29, 0.717) is 5.02 Å². The van der Waals surface area contributed by atoms with Gasteiger partial charge in [0.1, 0.15) is 5.82 Å². The van der Waals surface area contributed by atoms with Crippen LogP contribution in [0.5, 0.6) is 0 Å². The van der Waals surface area contributed by atoms with Crippen LogP contribution in [0.2, 0.25) is 30.7 Å². The first-order chi connectivity index (χ1) is 6.38. The van der Waals surface area contributed by atoms with Gasteiger partial charge in [0, 0.05) is 13.1 Å². The second kappa shape index (κ2) is 4.45. The molecule has 0 aliphatic carbocycles. The maximum absolute atomic E-state index is 12.7. The molecule has 0 amide bonds. The van der Waals surface area contributed by atoms with Crippen LogP contribution < -0.4 is 0 Å². The fraction of sp³-hybridized carbons (Fsp3) is 0.455. The van der Waals surface area contributed by atoms with Crippen molar-refractivity contribution in [3.8, 4) is 0 Å². The predicted molar refractivity (Wildman–Crippen MR) is 63.3 cm³/mol. The molecule has 3 heteroatoms.